The Balaban J connectivity index is 1.85. The van der Waals surface area contributed by atoms with Crippen molar-refractivity contribution in [2.24, 2.45) is 5.92 Å². The summed E-state index contributed by atoms with van der Waals surface area (Å²) in [5.41, 5.74) is 5.61. The van der Waals surface area contributed by atoms with Gasteiger partial charge in [0.2, 0.25) is 11.8 Å². The van der Waals surface area contributed by atoms with Crippen molar-refractivity contribution in [1.29, 1.82) is 0 Å². The van der Waals surface area contributed by atoms with Crippen molar-refractivity contribution < 1.29 is 32.8 Å². The minimum Gasteiger partial charge on any atom is -0.457 e. The molecule has 3 amide bonds. The van der Waals surface area contributed by atoms with Crippen molar-refractivity contribution in [2.45, 2.75) is 115 Å². The van der Waals surface area contributed by atoms with Gasteiger partial charge in [0.25, 0.3) is 5.91 Å². The molecular formula is C43H64N4O7S. The molecule has 2 aromatic carbocycles. The number of amides is 3. The second kappa shape index (κ2) is 20.7. The van der Waals surface area contributed by atoms with Gasteiger partial charge in [0.1, 0.15) is 30.0 Å². The predicted molar refractivity (Wildman–Crippen MR) is 222 cm³/mol. The molecule has 304 valence electrons. The molecule has 1 saturated heterocycles. The Morgan fingerprint density at radius 3 is 2.38 bits per heavy atom. The van der Waals surface area contributed by atoms with E-state index in [1.807, 2.05) is 62.4 Å². The normalized spacial score (nSPS) is 17.3. The molecule has 0 spiro atoms. The Morgan fingerprint density at radius 1 is 1.04 bits per heavy atom. The van der Waals surface area contributed by atoms with Crippen molar-refractivity contribution in [3.05, 3.63) is 84.5 Å². The van der Waals surface area contributed by atoms with E-state index in [-0.39, 0.29) is 35.5 Å². The highest BCUT2D eigenvalue weighted by molar-refractivity contribution is 8.30. The minimum absolute atomic E-state index is 0.0776. The van der Waals surface area contributed by atoms with Crippen LogP contribution in [-0.2, 0) is 35.1 Å². The average Bonchev–Trinajstić information content (AvgIpc) is 3.14. The van der Waals surface area contributed by atoms with E-state index in [4.69, 9.17) is 13.7 Å². The van der Waals surface area contributed by atoms with Gasteiger partial charge in [0, 0.05) is 24.8 Å². The van der Waals surface area contributed by atoms with Gasteiger partial charge >= 0.3 is 5.97 Å². The van der Waals surface area contributed by atoms with Gasteiger partial charge in [-0.15, -0.1) is 6.58 Å². The van der Waals surface area contributed by atoms with Gasteiger partial charge in [-0.2, -0.15) is 0 Å². The van der Waals surface area contributed by atoms with Crippen LogP contribution in [0.5, 0.6) is 5.75 Å². The zero-order valence-electron chi connectivity index (χ0n) is 34.3. The lowest BCUT2D eigenvalue weighted by atomic mass is 10.00. The van der Waals surface area contributed by atoms with Crippen LogP contribution in [0, 0.1) is 5.92 Å². The molecular weight excluding hydrogens is 717 g/mol. The van der Waals surface area contributed by atoms with Gasteiger partial charge in [0.05, 0.1) is 12.5 Å². The van der Waals surface area contributed by atoms with Crippen LogP contribution >= 0.6 is 10.3 Å². The van der Waals surface area contributed by atoms with Crippen molar-refractivity contribution >= 4 is 40.1 Å². The lowest BCUT2D eigenvalue weighted by Crippen LogP contribution is -2.62. The number of allylic oxidation sites excluding steroid dienone is 1. The first-order chi connectivity index (χ1) is 25.9. The molecule has 0 bridgehead atoms. The highest BCUT2D eigenvalue weighted by Crippen LogP contribution is 2.53. The Morgan fingerprint density at radius 2 is 1.75 bits per heavy atom. The van der Waals surface area contributed by atoms with Crippen LogP contribution in [0.1, 0.15) is 96.4 Å². The third-order valence-electron chi connectivity index (χ3n) is 10.1. The topological polar surface area (TPSA) is 135 Å². The molecule has 11 nitrogen and oxygen atoms in total. The highest BCUT2D eigenvalue weighted by atomic mass is 32.3. The molecule has 55 heavy (non-hydrogen) atoms. The Bertz CT molecular complexity index is 1640. The third kappa shape index (κ3) is 13.5. The Kier molecular flexibility index (Phi) is 17.0. The summed E-state index contributed by atoms with van der Waals surface area (Å²) in [6.45, 7) is 19.8. The fourth-order valence-electron chi connectivity index (χ4n) is 5.93. The second-order valence-corrected chi connectivity index (χ2v) is 19.7. The summed E-state index contributed by atoms with van der Waals surface area (Å²) >= 11 is 0. The minimum atomic E-state index is -1.50. The molecule has 0 aliphatic carbocycles. The lowest BCUT2D eigenvalue weighted by Gasteiger charge is -2.43. The number of esters is 1. The van der Waals surface area contributed by atoms with Crippen molar-refractivity contribution in [3.63, 3.8) is 0 Å². The SMILES string of the molecule is C=CCCC(CC(=O)NC(C(=O)NC(Cc1cccc(OS(C)(C)C(C)(C)C)c1)C(=O)N1CCCC(C(=O)O[C@H](C)c2cccc(C=C)c2)N1)C(C)C)OC. The summed E-state index contributed by atoms with van der Waals surface area (Å²) in [7, 11) is 0.0539. The molecule has 0 saturated carbocycles. The summed E-state index contributed by atoms with van der Waals surface area (Å²) in [5, 5.41) is 7.24. The van der Waals surface area contributed by atoms with E-state index in [9.17, 15) is 19.2 Å². The van der Waals surface area contributed by atoms with Gasteiger partial charge in [0.15, 0.2) is 0 Å². The van der Waals surface area contributed by atoms with E-state index in [1.54, 1.807) is 26.2 Å². The maximum absolute atomic E-state index is 14.4. The smallest absolute Gasteiger partial charge is 0.325 e. The fourth-order valence-corrected chi connectivity index (χ4v) is 6.77. The number of hydrogen-bond donors (Lipinski definition) is 3. The quantitative estimate of drug-likeness (QED) is 0.104. The average molecular weight is 781 g/mol. The summed E-state index contributed by atoms with van der Waals surface area (Å²) in [6.07, 6.45) is 9.44. The number of nitrogens with one attached hydrogen (secondary N) is 3. The molecule has 1 aliphatic rings. The number of rotatable bonds is 19. The van der Waals surface area contributed by atoms with E-state index in [1.165, 1.54) is 5.01 Å². The molecule has 0 radical (unpaired) electrons. The Hall–Kier alpha value is -4.13. The van der Waals surface area contributed by atoms with Crippen LogP contribution < -0.4 is 20.2 Å². The first-order valence-electron chi connectivity index (χ1n) is 19.1. The second-order valence-electron chi connectivity index (χ2n) is 15.8. The number of nitrogens with zero attached hydrogens (tertiary/aromatic N) is 1. The first kappa shape index (κ1) is 45.3. The largest absolute Gasteiger partial charge is 0.457 e. The third-order valence-corrected chi connectivity index (χ3v) is 13.6. The van der Waals surface area contributed by atoms with Gasteiger partial charge in [-0.1, -0.05) is 73.2 Å². The van der Waals surface area contributed by atoms with Crippen LogP contribution in [0.15, 0.2) is 67.8 Å². The number of carbonyl (C=O) groups is 4. The standard InChI is InChI=1S/C43H64N4O7S/c1-12-14-21-34(52-9)28-38(48)45-39(29(3)4)40(49)44-37(27-32-19-16-22-35(26-32)54-55(10,11)43(6,7)8)41(50)47-24-17-23-36(46-47)42(51)53-30(5)33-20-15-18-31(13-2)25-33/h12-13,15-16,18-20,22,25-26,29-30,34,36-37,39,46H,1-2,14,17,21,23-24,27-28H2,3-11H3,(H,44,49)(H,45,48)/t30-,34?,36?,37?,39?/m1/s1. The number of benzene rings is 2. The predicted octanol–water partition coefficient (Wildman–Crippen LogP) is 6.83. The molecule has 2 aromatic rings. The molecule has 5 atom stereocenters. The molecule has 4 unspecified atom stereocenters. The molecule has 0 aromatic heterocycles. The van der Waals surface area contributed by atoms with E-state index in [0.717, 1.165) is 16.7 Å². The first-order valence-corrected chi connectivity index (χ1v) is 21.5. The van der Waals surface area contributed by atoms with E-state index in [2.05, 4.69) is 62.5 Å². The van der Waals surface area contributed by atoms with Crippen LogP contribution in [0.25, 0.3) is 6.08 Å². The van der Waals surface area contributed by atoms with E-state index in [0.29, 0.717) is 38.0 Å². The van der Waals surface area contributed by atoms with E-state index >= 15 is 0 Å². The summed E-state index contributed by atoms with van der Waals surface area (Å²) < 4.78 is 17.8. The summed E-state index contributed by atoms with van der Waals surface area (Å²) in [6, 6.07) is 12.4. The number of ether oxygens (including phenoxy) is 2. The van der Waals surface area contributed by atoms with Gasteiger partial charge < -0.3 is 24.3 Å². The van der Waals surface area contributed by atoms with Gasteiger partial charge in [-0.05, 0) is 107 Å². The maximum atomic E-state index is 14.4. The fraction of sp³-hybridized carbons (Fsp3) is 0.535. The molecule has 12 heteroatoms. The monoisotopic (exact) mass is 780 g/mol. The van der Waals surface area contributed by atoms with Crippen LogP contribution in [0.3, 0.4) is 0 Å². The number of carbonyl (C=O) groups excluding carboxylic acids is 4. The van der Waals surface area contributed by atoms with Crippen molar-refractivity contribution in [3.8, 4) is 5.75 Å². The lowest BCUT2D eigenvalue weighted by molar-refractivity contribution is -0.157. The van der Waals surface area contributed by atoms with Crippen LogP contribution in [0.2, 0.25) is 0 Å². The van der Waals surface area contributed by atoms with Crippen LogP contribution in [-0.4, -0.2) is 83.8 Å². The van der Waals surface area contributed by atoms with Crippen LogP contribution in [0.4, 0.5) is 0 Å². The van der Waals surface area contributed by atoms with Crippen molar-refractivity contribution in [2.75, 3.05) is 26.2 Å². The van der Waals surface area contributed by atoms with E-state index < -0.39 is 52.3 Å². The molecule has 1 fully saturated rings. The molecule has 3 rings (SSSR count). The maximum Gasteiger partial charge on any atom is 0.325 e. The molecule has 1 heterocycles. The highest BCUT2D eigenvalue weighted by Gasteiger charge is 2.36. The number of hydrogen-bond acceptors (Lipinski definition) is 8. The van der Waals surface area contributed by atoms with Gasteiger partial charge in [-0.3, -0.25) is 24.2 Å². The number of hydrazine groups is 1. The zero-order valence-corrected chi connectivity index (χ0v) is 35.1. The Labute approximate surface area is 330 Å². The summed E-state index contributed by atoms with van der Waals surface area (Å²) in [5.74, 6) is -1.32. The summed E-state index contributed by atoms with van der Waals surface area (Å²) in [4.78, 5) is 55.0. The molecule has 1 aliphatic heterocycles. The van der Waals surface area contributed by atoms with Gasteiger partial charge in [-0.25, -0.2) is 5.43 Å². The zero-order chi connectivity index (χ0) is 40.9. The number of methoxy groups -OCH3 is 1. The van der Waals surface area contributed by atoms with Crippen molar-refractivity contribution in [1.82, 2.24) is 21.1 Å². The molecule has 3 N–H and O–H groups in total.